The predicted molar refractivity (Wildman–Crippen MR) is 332 cm³/mol. The molecule has 0 amide bonds. The summed E-state index contributed by atoms with van der Waals surface area (Å²) < 4.78 is 24.8. The summed E-state index contributed by atoms with van der Waals surface area (Å²) in [5, 5.41) is 0. The van der Waals surface area contributed by atoms with Gasteiger partial charge in [-0.1, -0.05) is 315 Å². The van der Waals surface area contributed by atoms with Crippen LogP contribution in [0.5, 0.6) is 23.0 Å². The Labute approximate surface area is 481 Å². The van der Waals surface area contributed by atoms with Gasteiger partial charge in [-0.05, 0) is 58.8 Å². The van der Waals surface area contributed by atoms with Crippen LogP contribution in [0.4, 0.5) is 4.79 Å². The molecular weight excluding hydrogens is 965 g/mol. The Morgan fingerprint density at radius 3 is 0.641 bits per heavy atom. The maximum Gasteiger partial charge on any atom is 0.519 e. The van der Waals surface area contributed by atoms with Gasteiger partial charge in [0.2, 0.25) is 0 Å². The highest BCUT2D eigenvalue weighted by Crippen LogP contribution is 2.45. The number of carbonyl (C=O) groups is 3. The molecule has 0 aliphatic heterocycles. The standard InChI is InChI=1S/C71H122O7/c1-15-17-19-21-23-25-27-29-31-33-35-37-39-41-43-45-47-49-51-63(72)75-57-53-59(68(3,4)5)65(60(54-57)69(6,7)8)77-67(74)78-66-61(70(9,10)11)55-58(56-62(66)71(12,13)14)76-64(73)52-50-48-46-44-42-40-38-36-34-32-30-28-26-24-22-20-18-16-2/h53-56H,15-52H2,1-14H3. The van der Waals surface area contributed by atoms with E-state index < -0.39 is 27.8 Å². The van der Waals surface area contributed by atoms with E-state index in [-0.39, 0.29) is 11.9 Å². The third-order valence-corrected chi connectivity index (χ3v) is 15.7. The number of benzene rings is 2. The third-order valence-electron chi connectivity index (χ3n) is 15.7. The molecule has 0 radical (unpaired) electrons. The monoisotopic (exact) mass is 1090 g/mol. The quantitative estimate of drug-likeness (QED) is 0.0283. The molecule has 0 fully saturated rings. The van der Waals surface area contributed by atoms with Gasteiger partial charge in [0.1, 0.15) is 23.0 Å². The zero-order chi connectivity index (χ0) is 57.9. The molecule has 0 heterocycles. The van der Waals surface area contributed by atoms with Crippen molar-refractivity contribution in [1.29, 1.82) is 0 Å². The highest BCUT2D eigenvalue weighted by Gasteiger charge is 2.34. The summed E-state index contributed by atoms with van der Waals surface area (Å²) in [4.78, 5) is 40.9. The third kappa shape index (κ3) is 31.6. The van der Waals surface area contributed by atoms with Crippen LogP contribution in [-0.2, 0) is 31.2 Å². The van der Waals surface area contributed by atoms with Crippen molar-refractivity contribution in [2.24, 2.45) is 0 Å². The molecule has 2 rings (SSSR count). The first-order valence-corrected chi connectivity index (χ1v) is 32.7. The van der Waals surface area contributed by atoms with E-state index in [9.17, 15) is 14.4 Å². The molecule has 78 heavy (non-hydrogen) atoms. The number of hydrogen-bond acceptors (Lipinski definition) is 7. The van der Waals surface area contributed by atoms with Crippen LogP contribution in [0.15, 0.2) is 24.3 Å². The molecule has 0 aliphatic carbocycles. The van der Waals surface area contributed by atoms with Gasteiger partial charge in [0.15, 0.2) is 0 Å². The van der Waals surface area contributed by atoms with E-state index in [4.69, 9.17) is 18.9 Å². The van der Waals surface area contributed by atoms with E-state index in [0.29, 0.717) is 35.8 Å². The molecule has 0 spiro atoms. The van der Waals surface area contributed by atoms with Crippen molar-refractivity contribution in [2.75, 3.05) is 0 Å². The summed E-state index contributed by atoms with van der Waals surface area (Å²) in [6, 6.07) is 7.38. The SMILES string of the molecule is CCCCCCCCCCCCCCCCCCCCC(=O)Oc1cc(C(C)(C)C)c(OC(=O)Oc2c(C(C)(C)C)cc(OC(=O)CCCCCCCCCCCCCCCCCCCC)cc2C(C)(C)C)c(C(C)(C)C)c1. The molecular formula is C71H122O7. The average molecular weight is 1090 g/mol. The van der Waals surface area contributed by atoms with Gasteiger partial charge in [-0.25, -0.2) is 4.79 Å². The van der Waals surface area contributed by atoms with Crippen molar-refractivity contribution in [3.63, 3.8) is 0 Å². The Morgan fingerprint density at radius 1 is 0.282 bits per heavy atom. The van der Waals surface area contributed by atoms with Crippen LogP contribution in [0, 0.1) is 0 Å². The molecule has 448 valence electrons. The summed E-state index contributed by atoms with van der Waals surface area (Å²) in [6.45, 7) is 29.3. The molecule has 0 bridgehead atoms. The lowest BCUT2D eigenvalue weighted by Crippen LogP contribution is -2.26. The molecule has 0 aliphatic rings. The van der Waals surface area contributed by atoms with Crippen LogP contribution < -0.4 is 18.9 Å². The zero-order valence-electron chi connectivity index (χ0n) is 53.5. The van der Waals surface area contributed by atoms with Crippen molar-refractivity contribution >= 4 is 18.1 Å². The molecule has 7 nitrogen and oxygen atoms in total. The van der Waals surface area contributed by atoms with E-state index >= 15 is 0 Å². The fourth-order valence-corrected chi connectivity index (χ4v) is 10.7. The summed E-state index contributed by atoms with van der Waals surface area (Å²) in [6.07, 6.45) is 46.7. The van der Waals surface area contributed by atoms with Gasteiger partial charge in [0.25, 0.3) is 0 Å². The Hall–Kier alpha value is -3.35. The first kappa shape index (κ1) is 70.8. The summed E-state index contributed by atoms with van der Waals surface area (Å²) in [7, 11) is 0. The Bertz CT molecular complexity index is 1720. The number of unbranched alkanes of at least 4 members (excludes halogenated alkanes) is 34. The highest BCUT2D eigenvalue weighted by molar-refractivity contribution is 5.75. The van der Waals surface area contributed by atoms with E-state index in [0.717, 1.165) is 60.8 Å². The number of hydrogen-bond donors (Lipinski definition) is 0. The second-order valence-electron chi connectivity index (χ2n) is 27.6. The van der Waals surface area contributed by atoms with Gasteiger partial charge in [0.05, 0.1) is 0 Å². The minimum absolute atomic E-state index is 0.247. The van der Waals surface area contributed by atoms with Gasteiger partial charge in [0, 0.05) is 35.1 Å². The minimum Gasteiger partial charge on any atom is -0.427 e. The predicted octanol–water partition coefficient (Wildman–Crippen LogP) is 23.1. The van der Waals surface area contributed by atoms with Gasteiger partial charge in [-0.2, -0.15) is 0 Å². The zero-order valence-corrected chi connectivity index (χ0v) is 53.5. The van der Waals surface area contributed by atoms with E-state index in [1.165, 1.54) is 193 Å². The number of esters is 2. The summed E-state index contributed by atoms with van der Waals surface area (Å²) in [5.41, 5.74) is 1.06. The first-order valence-electron chi connectivity index (χ1n) is 32.7. The van der Waals surface area contributed by atoms with Crippen molar-refractivity contribution in [3.8, 4) is 23.0 Å². The second kappa shape index (κ2) is 39.1. The van der Waals surface area contributed by atoms with Crippen LogP contribution in [0.1, 0.15) is 363 Å². The molecule has 2 aromatic carbocycles. The van der Waals surface area contributed by atoms with Crippen LogP contribution in [-0.4, -0.2) is 18.1 Å². The molecule has 0 saturated carbocycles. The van der Waals surface area contributed by atoms with Gasteiger partial charge in [-0.15, -0.1) is 0 Å². The minimum atomic E-state index is -0.861. The van der Waals surface area contributed by atoms with E-state index in [1.807, 2.05) is 24.3 Å². The lowest BCUT2D eigenvalue weighted by atomic mass is 9.79. The van der Waals surface area contributed by atoms with Crippen LogP contribution in [0.25, 0.3) is 0 Å². The van der Waals surface area contributed by atoms with Crippen molar-refractivity contribution < 1.29 is 33.3 Å². The highest BCUT2D eigenvalue weighted by atomic mass is 16.7. The Balaban J connectivity index is 1.96. The largest absolute Gasteiger partial charge is 0.519 e. The van der Waals surface area contributed by atoms with Crippen molar-refractivity contribution in [1.82, 2.24) is 0 Å². The van der Waals surface area contributed by atoms with Crippen molar-refractivity contribution in [3.05, 3.63) is 46.5 Å². The lowest BCUT2D eigenvalue weighted by molar-refractivity contribution is -0.135. The topological polar surface area (TPSA) is 88.1 Å². The van der Waals surface area contributed by atoms with Gasteiger partial charge >= 0.3 is 18.1 Å². The van der Waals surface area contributed by atoms with Crippen LogP contribution in [0.3, 0.4) is 0 Å². The molecule has 0 aromatic heterocycles. The maximum absolute atomic E-state index is 14.3. The average Bonchev–Trinajstić information content (AvgIpc) is 3.35. The normalized spacial score (nSPS) is 12.3. The second-order valence-corrected chi connectivity index (χ2v) is 27.6. The molecule has 0 unspecified atom stereocenters. The first-order chi connectivity index (χ1) is 37.0. The molecule has 0 N–H and O–H groups in total. The maximum atomic E-state index is 14.3. The fraction of sp³-hybridized carbons (Fsp3) is 0.789. The number of ether oxygens (including phenoxy) is 4. The van der Waals surface area contributed by atoms with E-state index in [1.54, 1.807) is 0 Å². The fourth-order valence-electron chi connectivity index (χ4n) is 10.7. The van der Waals surface area contributed by atoms with Crippen molar-refractivity contribution in [2.45, 2.75) is 363 Å². The van der Waals surface area contributed by atoms with Gasteiger partial charge < -0.3 is 18.9 Å². The molecule has 0 atom stereocenters. The van der Waals surface area contributed by atoms with Gasteiger partial charge in [-0.3, -0.25) is 9.59 Å². The molecule has 2 aromatic rings. The lowest BCUT2D eigenvalue weighted by Gasteiger charge is -2.31. The summed E-state index contributed by atoms with van der Waals surface area (Å²) in [5.74, 6) is 1.22. The van der Waals surface area contributed by atoms with Crippen LogP contribution in [0.2, 0.25) is 0 Å². The Morgan fingerprint density at radius 2 is 0.462 bits per heavy atom. The summed E-state index contributed by atoms with van der Waals surface area (Å²) >= 11 is 0. The molecule has 7 heteroatoms. The van der Waals surface area contributed by atoms with Crippen LogP contribution >= 0.6 is 0 Å². The Kier molecular flexibility index (Phi) is 35.5. The molecule has 0 saturated heterocycles. The van der Waals surface area contributed by atoms with E-state index in [2.05, 4.69) is 96.9 Å². The smallest absolute Gasteiger partial charge is 0.427 e. The number of carbonyl (C=O) groups excluding carboxylic acids is 3. The number of rotatable bonds is 42.